The van der Waals surface area contributed by atoms with E-state index in [0.717, 1.165) is 6.42 Å². The Hall–Kier alpha value is -1.64. The van der Waals surface area contributed by atoms with E-state index >= 15 is 0 Å². The average molecular weight is 294 g/mol. The Labute approximate surface area is 114 Å². The molecule has 0 radical (unpaired) electrons. The van der Waals surface area contributed by atoms with Crippen LogP contribution >= 0.6 is 0 Å². The zero-order chi connectivity index (χ0) is 15.2. The van der Waals surface area contributed by atoms with E-state index in [1.165, 1.54) is 23.0 Å². The van der Waals surface area contributed by atoms with Crippen molar-refractivity contribution in [1.29, 1.82) is 0 Å². The molecule has 1 rings (SSSR count). The molecule has 0 fully saturated rings. The molecule has 6 nitrogen and oxygen atoms in total. The Bertz CT molecular complexity index is 434. The molecule has 0 saturated carbocycles. The third kappa shape index (κ3) is 5.55. The first-order valence-electron chi connectivity index (χ1n) is 6.12. The van der Waals surface area contributed by atoms with Crippen LogP contribution in [-0.4, -0.2) is 52.0 Å². The van der Waals surface area contributed by atoms with Crippen molar-refractivity contribution in [3.63, 3.8) is 0 Å². The molecule has 0 spiro atoms. The molecule has 114 valence electrons. The number of esters is 1. The van der Waals surface area contributed by atoms with E-state index in [-0.39, 0.29) is 12.5 Å². The molecule has 1 heterocycles. The number of alkyl halides is 3. The highest BCUT2D eigenvalue weighted by Gasteiger charge is 2.30. The fourth-order valence-electron chi connectivity index (χ4n) is 1.59. The van der Waals surface area contributed by atoms with Gasteiger partial charge in [-0.25, -0.2) is 14.5 Å². The minimum Gasteiger partial charge on any atom is -0.463 e. The molecular weight excluding hydrogens is 277 g/mol. The van der Waals surface area contributed by atoms with Crippen molar-refractivity contribution in [3.8, 4) is 0 Å². The summed E-state index contributed by atoms with van der Waals surface area (Å²) in [5.74, 6) is -0.894. The van der Waals surface area contributed by atoms with Crippen molar-refractivity contribution in [3.05, 3.63) is 12.2 Å². The molecule has 9 heteroatoms. The maximum atomic E-state index is 12.5. The van der Waals surface area contributed by atoms with Crippen LogP contribution in [0.15, 0.2) is 6.33 Å². The van der Waals surface area contributed by atoms with Crippen molar-refractivity contribution in [2.45, 2.75) is 32.6 Å². The lowest BCUT2D eigenvalue weighted by Gasteiger charge is -2.22. The van der Waals surface area contributed by atoms with Crippen LogP contribution in [0.25, 0.3) is 0 Å². The summed E-state index contributed by atoms with van der Waals surface area (Å²) >= 11 is 0. The molecule has 1 aromatic heterocycles. The van der Waals surface area contributed by atoms with E-state index in [2.05, 4.69) is 14.8 Å². The Morgan fingerprint density at radius 1 is 1.50 bits per heavy atom. The number of rotatable bonds is 7. The van der Waals surface area contributed by atoms with E-state index in [4.69, 9.17) is 0 Å². The van der Waals surface area contributed by atoms with Gasteiger partial charge < -0.3 is 4.74 Å². The highest BCUT2D eigenvalue weighted by atomic mass is 19.4. The Morgan fingerprint density at radius 2 is 2.20 bits per heavy atom. The van der Waals surface area contributed by atoms with Crippen LogP contribution in [0.1, 0.15) is 30.4 Å². The van der Waals surface area contributed by atoms with Gasteiger partial charge in [-0.1, -0.05) is 13.3 Å². The monoisotopic (exact) mass is 294 g/mol. The molecule has 0 N–H and O–H groups in total. The molecule has 1 aromatic rings. The van der Waals surface area contributed by atoms with Crippen LogP contribution in [0.2, 0.25) is 0 Å². The summed E-state index contributed by atoms with van der Waals surface area (Å²) in [6, 6.07) is 0. The highest BCUT2D eigenvalue weighted by molar-refractivity contribution is 5.84. The number of hydrogen-bond donors (Lipinski definition) is 0. The number of aromatic nitrogens is 3. The predicted octanol–water partition coefficient (Wildman–Crippen LogP) is 1.69. The third-order valence-corrected chi connectivity index (χ3v) is 2.48. The number of unbranched alkanes of at least 4 members (excludes halogenated alkanes) is 1. The van der Waals surface area contributed by atoms with Crippen LogP contribution in [0.3, 0.4) is 0 Å². The lowest BCUT2D eigenvalue weighted by Crippen LogP contribution is -2.36. The lowest BCUT2D eigenvalue weighted by molar-refractivity contribution is -0.150. The van der Waals surface area contributed by atoms with Crippen molar-refractivity contribution in [1.82, 2.24) is 19.7 Å². The fraction of sp³-hybridized carbons (Fsp3) is 0.727. The van der Waals surface area contributed by atoms with Gasteiger partial charge in [0.15, 0.2) is 0 Å². The largest absolute Gasteiger partial charge is 0.463 e. The van der Waals surface area contributed by atoms with Gasteiger partial charge in [-0.05, 0) is 6.42 Å². The van der Waals surface area contributed by atoms with Gasteiger partial charge in [-0.3, -0.25) is 4.90 Å². The Balaban J connectivity index is 2.68. The second-order valence-corrected chi connectivity index (χ2v) is 4.26. The van der Waals surface area contributed by atoms with Gasteiger partial charge >= 0.3 is 12.1 Å². The molecule has 0 aliphatic carbocycles. The standard InChI is InChI=1S/C11H17F3N4O2/c1-3-4-5-17(6-11(12,13)14)8-18-7-15-9(16-18)10(19)20-2/h7H,3-6,8H2,1-2H3. The highest BCUT2D eigenvalue weighted by Crippen LogP contribution is 2.17. The number of nitrogens with zero attached hydrogens (tertiary/aromatic N) is 4. The third-order valence-electron chi connectivity index (χ3n) is 2.48. The molecule has 0 aromatic carbocycles. The van der Waals surface area contributed by atoms with E-state index in [0.29, 0.717) is 13.0 Å². The zero-order valence-electron chi connectivity index (χ0n) is 11.4. The molecule has 0 atom stereocenters. The van der Waals surface area contributed by atoms with Gasteiger partial charge in [0.1, 0.15) is 6.33 Å². The number of halogens is 3. The second-order valence-electron chi connectivity index (χ2n) is 4.26. The maximum Gasteiger partial charge on any atom is 0.401 e. The van der Waals surface area contributed by atoms with Crippen molar-refractivity contribution < 1.29 is 22.7 Å². The number of hydrogen-bond acceptors (Lipinski definition) is 5. The van der Waals surface area contributed by atoms with Gasteiger partial charge in [0.2, 0.25) is 0 Å². The number of methoxy groups -OCH3 is 1. The summed E-state index contributed by atoms with van der Waals surface area (Å²) in [6.45, 7) is 1.09. The molecule has 0 aliphatic rings. The number of carbonyl (C=O) groups is 1. The first kappa shape index (κ1) is 16.4. The topological polar surface area (TPSA) is 60.2 Å². The molecule has 0 amide bonds. The summed E-state index contributed by atoms with van der Waals surface area (Å²) in [5.41, 5.74) is 0. The average Bonchev–Trinajstić information content (AvgIpc) is 2.81. The first-order chi connectivity index (χ1) is 9.35. The van der Waals surface area contributed by atoms with Crippen LogP contribution in [0.5, 0.6) is 0 Å². The molecule has 20 heavy (non-hydrogen) atoms. The molecule has 0 bridgehead atoms. The lowest BCUT2D eigenvalue weighted by atomic mass is 10.3. The van der Waals surface area contributed by atoms with Gasteiger partial charge in [-0.2, -0.15) is 13.2 Å². The molecular formula is C11H17F3N4O2. The van der Waals surface area contributed by atoms with Crippen molar-refractivity contribution in [2.75, 3.05) is 20.2 Å². The Morgan fingerprint density at radius 3 is 2.75 bits per heavy atom. The quantitative estimate of drug-likeness (QED) is 0.716. The minimum atomic E-state index is -4.28. The second kappa shape index (κ2) is 7.22. The summed E-state index contributed by atoms with van der Waals surface area (Å²) in [4.78, 5) is 16.1. The summed E-state index contributed by atoms with van der Waals surface area (Å²) in [6.07, 6.45) is -1.63. The summed E-state index contributed by atoms with van der Waals surface area (Å²) in [5, 5.41) is 3.78. The van der Waals surface area contributed by atoms with Crippen LogP contribution in [0.4, 0.5) is 13.2 Å². The Kier molecular flexibility index (Phi) is 5.93. The number of carbonyl (C=O) groups excluding carboxylic acids is 1. The van der Waals surface area contributed by atoms with E-state index in [9.17, 15) is 18.0 Å². The molecule has 0 unspecified atom stereocenters. The van der Waals surface area contributed by atoms with Gasteiger partial charge in [-0.15, -0.1) is 5.10 Å². The van der Waals surface area contributed by atoms with Crippen molar-refractivity contribution >= 4 is 5.97 Å². The van der Waals surface area contributed by atoms with Gasteiger partial charge in [0, 0.05) is 6.54 Å². The van der Waals surface area contributed by atoms with Gasteiger partial charge in [0.05, 0.1) is 20.3 Å². The predicted molar refractivity (Wildman–Crippen MR) is 63.9 cm³/mol. The van der Waals surface area contributed by atoms with Crippen LogP contribution in [-0.2, 0) is 11.4 Å². The van der Waals surface area contributed by atoms with E-state index < -0.39 is 18.7 Å². The van der Waals surface area contributed by atoms with Gasteiger partial charge in [0.25, 0.3) is 5.82 Å². The SMILES string of the molecule is CCCCN(Cn1cnc(C(=O)OC)n1)CC(F)(F)F. The van der Waals surface area contributed by atoms with E-state index in [1.54, 1.807) is 0 Å². The maximum absolute atomic E-state index is 12.5. The molecule has 0 aliphatic heterocycles. The first-order valence-corrected chi connectivity index (χ1v) is 6.12. The van der Waals surface area contributed by atoms with E-state index in [1.807, 2.05) is 6.92 Å². The summed E-state index contributed by atoms with van der Waals surface area (Å²) < 4.78 is 43.0. The normalized spacial score (nSPS) is 11.9. The van der Waals surface area contributed by atoms with Crippen LogP contribution < -0.4 is 0 Å². The number of ether oxygens (including phenoxy) is 1. The fourth-order valence-corrected chi connectivity index (χ4v) is 1.59. The van der Waals surface area contributed by atoms with Crippen LogP contribution in [0, 0.1) is 0 Å². The summed E-state index contributed by atoms with van der Waals surface area (Å²) in [7, 11) is 1.18. The minimum absolute atomic E-state index is 0.0799. The molecule has 0 saturated heterocycles. The zero-order valence-corrected chi connectivity index (χ0v) is 11.4. The van der Waals surface area contributed by atoms with Crippen molar-refractivity contribution in [2.24, 2.45) is 0 Å². The smallest absolute Gasteiger partial charge is 0.401 e.